The van der Waals surface area contributed by atoms with Gasteiger partial charge in [0.1, 0.15) is 0 Å². The van der Waals surface area contributed by atoms with Crippen molar-refractivity contribution in [2.24, 2.45) is 5.41 Å². The normalized spacial score (nSPS) is 27.2. The fourth-order valence-corrected chi connectivity index (χ4v) is 3.34. The van der Waals surface area contributed by atoms with Crippen LogP contribution < -0.4 is 5.32 Å². The predicted molar refractivity (Wildman–Crippen MR) is 61.9 cm³/mol. The molecule has 2 saturated carbocycles. The number of nitrogens with one attached hydrogen (secondary N) is 1. The van der Waals surface area contributed by atoms with Gasteiger partial charge in [-0.05, 0) is 31.1 Å². The lowest BCUT2D eigenvalue weighted by Gasteiger charge is -2.28. The summed E-state index contributed by atoms with van der Waals surface area (Å²) in [5.74, 6) is 0.854. The number of alkyl halides is 1. The zero-order chi connectivity index (χ0) is 9.86. The van der Waals surface area contributed by atoms with Crippen LogP contribution in [0.25, 0.3) is 0 Å². The fourth-order valence-electron chi connectivity index (χ4n) is 2.97. The van der Waals surface area contributed by atoms with Crippen molar-refractivity contribution in [3.63, 3.8) is 0 Å². The average Bonchev–Trinajstić information content (AvgIpc) is 2.87. The Morgan fingerprint density at radius 1 is 1.07 bits per heavy atom. The van der Waals surface area contributed by atoms with Gasteiger partial charge in [0.25, 0.3) is 0 Å². The maximum atomic E-state index is 6.11. The van der Waals surface area contributed by atoms with Crippen LogP contribution in [0.1, 0.15) is 51.4 Å². The molecule has 0 radical (unpaired) electrons. The third-order valence-corrected chi connectivity index (χ3v) is 4.64. The Balaban J connectivity index is 1.76. The third kappa shape index (κ3) is 2.43. The number of rotatable bonds is 4. The van der Waals surface area contributed by atoms with Gasteiger partial charge in [-0.2, -0.15) is 0 Å². The van der Waals surface area contributed by atoms with Crippen LogP contribution >= 0.6 is 11.6 Å². The molecule has 0 unspecified atom stereocenters. The Labute approximate surface area is 92.6 Å². The smallest absolute Gasteiger partial charge is 0.0292 e. The first-order valence-electron chi connectivity index (χ1n) is 6.14. The number of hydrogen-bond acceptors (Lipinski definition) is 1. The van der Waals surface area contributed by atoms with Gasteiger partial charge in [0.2, 0.25) is 0 Å². The molecule has 14 heavy (non-hydrogen) atoms. The van der Waals surface area contributed by atoms with Crippen molar-refractivity contribution in [2.75, 3.05) is 12.4 Å². The first-order valence-corrected chi connectivity index (χ1v) is 6.67. The first-order chi connectivity index (χ1) is 6.85. The Morgan fingerprint density at radius 2 is 1.71 bits per heavy atom. The highest BCUT2D eigenvalue weighted by Gasteiger charge is 2.33. The first kappa shape index (κ1) is 10.8. The van der Waals surface area contributed by atoms with E-state index in [1.54, 1.807) is 0 Å². The van der Waals surface area contributed by atoms with E-state index in [0.717, 1.165) is 11.9 Å². The van der Waals surface area contributed by atoms with Crippen LogP contribution in [0.3, 0.4) is 0 Å². The summed E-state index contributed by atoms with van der Waals surface area (Å²) >= 11 is 6.11. The molecule has 0 atom stereocenters. The lowest BCUT2D eigenvalue weighted by molar-refractivity contribution is 0.302. The number of halogens is 1. The summed E-state index contributed by atoms with van der Waals surface area (Å²) < 4.78 is 0. The summed E-state index contributed by atoms with van der Waals surface area (Å²) in [6.07, 6.45) is 11.1. The van der Waals surface area contributed by atoms with E-state index in [2.05, 4.69) is 5.32 Å². The summed E-state index contributed by atoms with van der Waals surface area (Å²) in [5, 5.41) is 3.73. The van der Waals surface area contributed by atoms with Crippen molar-refractivity contribution in [3.05, 3.63) is 0 Å². The molecule has 0 bridgehead atoms. The highest BCUT2D eigenvalue weighted by molar-refractivity contribution is 6.18. The standard InChI is InChI=1S/C12H22ClN/c13-9-12(7-3-4-8-12)10-14-11-5-1-2-6-11/h11,14H,1-10H2. The minimum atomic E-state index is 0.449. The highest BCUT2D eigenvalue weighted by Crippen LogP contribution is 2.38. The molecule has 2 aliphatic carbocycles. The topological polar surface area (TPSA) is 12.0 Å². The molecule has 0 saturated heterocycles. The lowest BCUT2D eigenvalue weighted by atomic mass is 9.88. The van der Waals surface area contributed by atoms with Crippen LogP contribution in [-0.2, 0) is 0 Å². The second kappa shape index (κ2) is 4.85. The van der Waals surface area contributed by atoms with Crippen LogP contribution in [0, 0.1) is 5.41 Å². The summed E-state index contributed by atoms with van der Waals surface area (Å²) in [4.78, 5) is 0. The van der Waals surface area contributed by atoms with Gasteiger partial charge in [-0.25, -0.2) is 0 Å². The second-order valence-corrected chi connectivity index (χ2v) is 5.47. The van der Waals surface area contributed by atoms with Crippen molar-refractivity contribution >= 4 is 11.6 Å². The van der Waals surface area contributed by atoms with Crippen LogP contribution in [0.2, 0.25) is 0 Å². The molecular formula is C12H22ClN. The Bertz CT molecular complexity index is 169. The fraction of sp³-hybridized carbons (Fsp3) is 1.00. The molecule has 2 heteroatoms. The SMILES string of the molecule is ClCC1(CNC2CCCC2)CCCC1. The third-order valence-electron chi connectivity index (χ3n) is 4.07. The summed E-state index contributed by atoms with van der Waals surface area (Å²) in [5.41, 5.74) is 0.449. The molecule has 0 aliphatic heterocycles. The minimum absolute atomic E-state index is 0.449. The molecule has 0 spiro atoms. The van der Waals surface area contributed by atoms with E-state index in [4.69, 9.17) is 11.6 Å². The van der Waals surface area contributed by atoms with Crippen LogP contribution in [0.5, 0.6) is 0 Å². The van der Waals surface area contributed by atoms with Crippen molar-refractivity contribution in [2.45, 2.75) is 57.4 Å². The van der Waals surface area contributed by atoms with E-state index in [1.165, 1.54) is 57.9 Å². The lowest BCUT2D eigenvalue weighted by Crippen LogP contribution is -2.38. The summed E-state index contributed by atoms with van der Waals surface area (Å²) in [7, 11) is 0. The molecule has 1 nitrogen and oxygen atoms in total. The second-order valence-electron chi connectivity index (χ2n) is 5.20. The predicted octanol–water partition coefficient (Wildman–Crippen LogP) is 3.32. The Morgan fingerprint density at radius 3 is 2.29 bits per heavy atom. The zero-order valence-electron chi connectivity index (χ0n) is 9.03. The monoisotopic (exact) mass is 215 g/mol. The van der Waals surface area contributed by atoms with Crippen LogP contribution in [-0.4, -0.2) is 18.5 Å². The van der Waals surface area contributed by atoms with Gasteiger partial charge >= 0.3 is 0 Å². The van der Waals surface area contributed by atoms with Crippen molar-refractivity contribution in [3.8, 4) is 0 Å². The molecule has 2 fully saturated rings. The van der Waals surface area contributed by atoms with E-state index < -0.39 is 0 Å². The van der Waals surface area contributed by atoms with E-state index in [-0.39, 0.29) is 0 Å². The van der Waals surface area contributed by atoms with E-state index in [1.807, 2.05) is 0 Å². The molecule has 2 aliphatic rings. The number of hydrogen-bond donors (Lipinski definition) is 1. The van der Waals surface area contributed by atoms with E-state index in [9.17, 15) is 0 Å². The quantitative estimate of drug-likeness (QED) is 0.710. The van der Waals surface area contributed by atoms with Crippen LogP contribution in [0.4, 0.5) is 0 Å². The van der Waals surface area contributed by atoms with Gasteiger partial charge in [-0.15, -0.1) is 11.6 Å². The maximum Gasteiger partial charge on any atom is 0.0292 e. The zero-order valence-corrected chi connectivity index (χ0v) is 9.78. The molecule has 0 heterocycles. The maximum absolute atomic E-state index is 6.11. The molecule has 0 amide bonds. The van der Waals surface area contributed by atoms with Gasteiger partial charge in [-0.3, -0.25) is 0 Å². The van der Waals surface area contributed by atoms with Gasteiger partial charge in [0, 0.05) is 18.5 Å². The Kier molecular flexibility index (Phi) is 3.73. The van der Waals surface area contributed by atoms with Crippen molar-refractivity contribution < 1.29 is 0 Å². The molecule has 0 aromatic rings. The summed E-state index contributed by atoms with van der Waals surface area (Å²) in [6.45, 7) is 1.17. The summed E-state index contributed by atoms with van der Waals surface area (Å²) in [6, 6.07) is 0.802. The van der Waals surface area contributed by atoms with Gasteiger partial charge in [0.05, 0.1) is 0 Å². The highest BCUT2D eigenvalue weighted by atomic mass is 35.5. The molecule has 82 valence electrons. The van der Waals surface area contributed by atoms with E-state index in [0.29, 0.717) is 5.41 Å². The average molecular weight is 216 g/mol. The molecule has 1 N–H and O–H groups in total. The molecule has 2 rings (SSSR count). The molecular weight excluding hydrogens is 194 g/mol. The molecule has 0 aromatic carbocycles. The van der Waals surface area contributed by atoms with Crippen molar-refractivity contribution in [1.82, 2.24) is 5.32 Å². The minimum Gasteiger partial charge on any atom is -0.313 e. The van der Waals surface area contributed by atoms with Gasteiger partial charge < -0.3 is 5.32 Å². The van der Waals surface area contributed by atoms with E-state index >= 15 is 0 Å². The largest absolute Gasteiger partial charge is 0.313 e. The Hall–Kier alpha value is 0.250. The van der Waals surface area contributed by atoms with Crippen molar-refractivity contribution in [1.29, 1.82) is 0 Å². The van der Waals surface area contributed by atoms with Crippen LogP contribution in [0.15, 0.2) is 0 Å². The van der Waals surface area contributed by atoms with Gasteiger partial charge in [-0.1, -0.05) is 25.7 Å². The van der Waals surface area contributed by atoms with Gasteiger partial charge in [0.15, 0.2) is 0 Å². The molecule has 0 aromatic heterocycles.